The van der Waals surface area contributed by atoms with Gasteiger partial charge in [-0.1, -0.05) is 0 Å². The zero-order chi connectivity index (χ0) is 28.0. The van der Waals surface area contributed by atoms with Gasteiger partial charge in [-0.15, -0.1) is 0 Å². The topological polar surface area (TPSA) is 83.1 Å². The van der Waals surface area contributed by atoms with E-state index in [2.05, 4.69) is 78.1 Å². The van der Waals surface area contributed by atoms with Crippen molar-refractivity contribution in [1.82, 2.24) is 5.32 Å². The van der Waals surface area contributed by atoms with Gasteiger partial charge in [0.1, 0.15) is 0 Å². The van der Waals surface area contributed by atoms with Gasteiger partial charge in [0.05, 0.1) is 0 Å². The first-order valence-electron chi connectivity index (χ1n) is 13.1. The van der Waals surface area contributed by atoms with Crippen molar-refractivity contribution >= 4 is 40.0 Å². The molecule has 1 amide bonds. The summed E-state index contributed by atoms with van der Waals surface area (Å²) in [6, 6.07) is 36.7. The Morgan fingerprint density at radius 3 is 1.80 bits per heavy atom. The van der Waals surface area contributed by atoms with Crippen molar-refractivity contribution in [2.24, 2.45) is 0 Å². The van der Waals surface area contributed by atoms with E-state index in [4.69, 9.17) is 18.5 Å². The van der Waals surface area contributed by atoms with Gasteiger partial charge >= 0.3 is 238 Å². The summed E-state index contributed by atoms with van der Waals surface area (Å²) in [6.07, 6.45) is 0.229. The number of rotatable bonds is 11. The average Bonchev–Trinajstić information content (AvgIpc) is 3.49. The standard InChI is InChI=1S/C31H32GeNO6P/c1-36-40(35,37-2)31(24-18-19-28-29(22-24)39-23-38-28)33-30(34)20-21-32(25-12-6-3-7-13-25,26-14-8-4-9-15-26)27-16-10-5-11-17-27/h3-19,22,31H,20-21,23H2,1-2H3,(H,33,34). The molecule has 4 aromatic carbocycles. The monoisotopic (exact) mass is 619 g/mol. The van der Waals surface area contributed by atoms with Gasteiger partial charge in [0.2, 0.25) is 0 Å². The summed E-state index contributed by atoms with van der Waals surface area (Å²) in [7, 11) is -1.11. The van der Waals surface area contributed by atoms with E-state index in [1.165, 1.54) is 27.4 Å². The molecule has 0 aliphatic carbocycles. The molecule has 9 heteroatoms. The first kappa shape index (κ1) is 28.2. The number of hydrogen-bond acceptors (Lipinski definition) is 6. The van der Waals surface area contributed by atoms with Crippen LogP contribution in [0.2, 0.25) is 5.25 Å². The molecule has 1 aliphatic rings. The van der Waals surface area contributed by atoms with Crippen LogP contribution in [-0.4, -0.2) is 40.2 Å². The third kappa shape index (κ3) is 5.60. The molecular formula is C31H32GeNO6P. The van der Waals surface area contributed by atoms with Crippen LogP contribution in [0.3, 0.4) is 0 Å². The third-order valence-electron chi connectivity index (χ3n) is 7.36. The van der Waals surface area contributed by atoms with E-state index < -0.39 is 26.6 Å². The Morgan fingerprint density at radius 2 is 1.30 bits per heavy atom. The third-order valence-corrected chi connectivity index (χ3v) is 19.8. The van der Waals surface area contributed by atoms with Gasteiger partial charge in [0.25, 0.3) is 0 Å². The number of hydrogen-bond donors (Lipinski definition) is 1. The van der Waals surface area contributed by atoms with Gasteiger partial charge in [-0.3, -0.25) is 0 Å². The van der Waals surface area contributed by atoms with Crippen LogP contribution >= 0.6 is 7.60 Å². The van der Waals surface area contributed by atoms with Crippen molar-refractivity contribution in [2.75, 3.05) is 21.0 Å². The van der Waals surface area contributed by atoms with Gasteiger partial charge in [0.15, 0.2) is 0 Å². The Bertz CT molecular complexity index is 1380. The number of carbonyl (C=O) groups is 1. The zero-order valence-corrected chi connectivity index (χ0v) is 25.5. The van der Waals surface area contributed by atoms with Crippen LogP contribution in [0, 0.1) is 0 Å². The summed E-state index contributed by atoms with van der Waals surface area (Å²) in [5.74, 6) is -0.155. The number of fused-ring (bicyclic) bond motifs is 1. The molecule has 1 heterocycles. The van der Waals surface area contributed by atoms with E-state index in [0.29, 0.717) is 22.3 Å². The fourth-order valence-corrected chi connectivity index (χ4v) is 16.7. The predicted octanol–water partition coefficient (Wildman–Crippen LogP) is 4.58. The quantitative estimate of drug-likeness (QED) is 0.196. The van der Waals surface area contributed by atoms with Crippen LogP contribution in [0.5, 0.6) is 11.5 Å². The molecule has 1 atom stereocenters. The van der Waals surface area contributed by atoms with Crippen molar-refractivity contribution in [3.8, 4) is 11.5 Å². The average molecular weight is 618 g/mol. The number of amides is 1. The van der Waals surface area contributed by atoms with Gasteiger partial charge in [-0.2, -0.15) is 0 Å². The van der Waals surface area contributed by atoms with Crippen molar-refractivity contribution in [1.29, 1.82) is 0 Å². The fourth-order valence-electron chi connectivity index (χ4n) is 5.34. The van der Waals surface area contributed by atoms with Crippen molar-refractivity contribution in [3.05, 3.63) is 115 Å². The second kappa shape index (κ2) is 12.4. The van der Waals surface area contributed by atoms with Crippen LogP contribution in [0.1, 0.15) is 17.8 Å². The molecule has 0 radical (unpaired) electrons. The van der Waals surface area contributed by atoms with E-state index in [9.17, 15) is 9.36 Å². The number of benzene rings is 4. The molecule has 1 unspecified atom stereocenters. The Labute approximate surface area is 237 Å². The normalized spacial score (nSPS) is 13.6. The van der Waals surface area contributed by atoms with Crippen LogP contribution in [-0.2, 0) is 18.4 Å². The minimum atomic E-state index is -3.74. The number of nitrogens with one attached hydrogen (secondary N) is 1. The van der Waals surface area contributed by atoms with Gasteiger partial charge in [-0.25, -0.2) is 0 Å². The van der Waals surface area contributed by atoms with E-state index in [0.717, 1.165) is 0 Å². The maximum absolute atomic E-state index is 13.7. The van der Waals surface area contributed by atoms with Gasteiger partial charge in [-0.05, 0) is 0 Å². The van der Waals surface area contributed by atoms with Gasteiger partial charge < -0.3 is 0 Å². The predicted molar refractivity (Wildman–Crippen MR) is 158 cm³/mol. The van der Waals surface area contributed by atoms with Gasteiger partial charge in [0, 0.05) is 0 Å². The summed E-state index contributed by atoms with van der Waals surface area (Å²) in [4.78, 5) is 13.7. The second-order valence-electron chi connectivity index (χ2n) is 9.49. The molecule has 206 valence electrons. The molecule has 0 bridgehead atoms. The molecule has 0 saturated heterocycles. The summed E-state index contributed by atoms with van der Waals surface area (Å²) in [5.41, 5.74) is 0.548. The molecule has 0 fully saturated rings. The van der Waals surface area contributed by atoms with Crippen molar-refractivity contribution in [3.63, 3.8) is 0 Å². The number of ether oxygens (including phenoxy) is 2. The molecule has 1 N–H and O–H groups in total. The van der Waals surface area contributed by atoms with E-state index >= 15 is 0 Å². The van der Waals surface area contributed by atoms with E-state index in [-0.39, 0.29) is 19.1 Å². The van der Waals surface area contributed by atoms with Crippen LogP contribution < -0.4 is 28.0 Å². The molecule has 7 nitrogen and oxygen atoms in total. The number of carbonyl (C=O) groups excluding carboxylic acids is 1. The Balaban J connectivity index is 1.50. The zero-order valence-electron chi connectivity index (χ0n) is 22.5. The minimum absolute atomic E-state index is 0.106. The van der Waals surface area contributed by atoms with Crippen LogP contribution in [0.4, 0.5) is 0 Å². The molecule has 0 spiro atoms. The summed E-state index contributed by atoms with van der Waals surface area (Å²) >= 11 is -3.33. The summed E-state index contributed by atoms with van der Waals surface area (Å²) < 4.78 is 39.0. The first-order valence-corrected chi connectivity index (χ1v) is 19.3. The Morgan fingerprint density at radius 1 is 0.800 bits per heavy atom. The molecule has 4 aromatic rings. The summed E-state index contributed by atoms with van der Waals surface area (Å²) in [6.45, 7) is 0.106. The van der Waals surface area contributed by atoms with Crippen LogP contribution in [0.15, 0.2) is 109 Å². The molecule has 5 rings (SSSR count). The first-order chi connectivity index (χ1) is 19.5. The van der Waals surface area contributed by atoms with E-state index in [1.54, 1.807) is 18.2 Å². The van der Waals surface area contributed by atoms with Crippen LogP contribution in [0.25, 0.3) is 0 Å². The van der Waals surface area contributed by atoms with Crippen molar-refractivity contribution < 1.29 is 27.9 Å². The molecule has 1 aliphatic heterocycles. The van der Waals surface area contributed by atoms with Crippen molar-refractivity contribution in [2.45, 2.75) is 17.5 Å². The van der Waals surface area contributed by atoms with E-state index in [1.807, 2.05) is 18.2 Å². The molecule has 40 heavy (non-hydrogen) atoms. The second-order valence-corrected chi connectivity index (χ2v) is 20.3. The fraction of sp³-hybridized carbons (Fsp3) is 0.194. The maximum atomic E-state index is 13.7. The SMILES string of the molecule is COP(=O)(OC)C(NC(=O)C[CH2][Ge]([c]1ccccc1)([c]1ccccc1)[c]1ccccc1)c1ccc2c(c1)OCO2. The Hall–Kier alpha value is -3.36. The molecule has 0 saturated carbocycles. The molecular weight excluding hydrogens is 586 g/mol. The Kier molecular flexibility index (Phi) is 8.76. The summed E-state index contributed by atoms with van der Waals surface area (Å²) in [5, 5.41) is 3.63. The molecule has 0 aromatic heterocycles.